The number of nitrogens with two attached hydrogens (primary N) is 4. The van der Waals surface area contributed by atoms with Gasteiger partial charge in [0.1, 0.15) is 11.2 Å². The summed E-state index contributed by atoms with van der Waals surface area (Å²) in [5, 5.41) is 19.9. The Hall–Kier alpha value is -4.03. The van der Waals surface area contributed by atoms with Crippen LogP contribution in [0.4, 0.5) is 0 Å². The number of ketones is 4. The van der Waals surface area contributed by atoms with E-state index in [0.717, 1.165) is 19.9 Å². The molecule has 11 nitrogen and oxygen atoms in total. The summed E-state index contributed by atoms with van der Waals surface area (Å²) in [6, 6.07) is 12.6. The highest BCUT2D eigenvalue weighted by Crippen LogP contribution is 2.50. The molecule has 39 heavy (non-hydrogen) atoms. The van der Waals surface area contributed by atoms with E-state index in [1.807, 2.05) is 0 Å². The fourth-order valence-corrected chi connectivity index (χ4v) is 4.95. The minimum atomic E-state index is -3.31. The predicted molar refractivity (Wildman–Crippen MR) is 144 cm³/mol. The maximum Gasteiger partial charge on any atom is 0.333 e. The molecule has 0 heterocycles. The standard InChI is InChI=1S/C28H34N4O7/c1-26(2,21(34)13-10-17-8-11-19(33)12-9-17)27(22(35)15-29,23(36)16-30)28(32,25(38)39)24(37)20(31)14-18-6-4-3-5-7-18/h3-13,20,33H,14-16,29-32H2,1-2H3,(H,38,39)/b13-10-. The molecule has 2 unspecified atom stereocenters. The minimum Gasteiger partial charge on any atom is -0.508 e. The zero-order valence-electron chi connectivity index (χ0n) is 21.8. The zero-order chi connectivity index (χ0) is 29.6. The lowest BCUT2D eigenvalue weighted by Crippen LogP contribution is -2.79. The summed E-state index contributed by atoms with van der Waals surface area (Å²) in [4.78, 5) is 67.5. The lowest BCUT2D eigenvalue weighted by molar-refractivity contribution is -0.175. The number of carboxylic acids is 1. The summed E-state index contributed by atoms with van der Waals surface area (Å²) >= 11 is 0. The first-order valence-corrected chi connectivity index (χ1v) is 12.1. The number of phenolic OH excluding ortho intramolecular Hbond substituents is 1. The van der Waals surface area contributed by atoms with Crippen LogP contribution in [0.5, 0.6) is 5.75 Å². The fourth-order valence-electron chi connectivity index (χ4n) is 4.95. The number of carbonyl (C=O) groups excluding carboxylic acids is 4. The molecule has 0 bridgehead atoms. The van der Waals surface area contributed by atoms with Crippen LogP contribution >= 0.6 is 0 Å². The van der Waals surface area contributed by atoms with Crippen molar-refractivity contribution in [3.63, 3.8) is 0 Å². The van der Waals surface area contributed by atoms with Gasteiger partial charge in [-0.2, -0.15) is 0 Å². The first-order valence-electron chi connectivity index (χ1n) is 12.1. The van der Waals surface area contributed by atoms with Crippen LogP contribution in [0.1, 0.15) is 25.0 Å². The van der Waals surface area contributed by atoms with Crippen molar-refractivity contribution >= 4 is 35.2 Å². The average molecular weight is 539 g/mol. The second-order valence-electron chi connectivity index (χ2n) is 9.69. The third-order valence-corrected chi connectivity index (χ3v) is 7.03. The fraction of sp³-hybridized carbons (Fsp3) is 0.321. The Labute approximate surface area is 225 Å². The quantitative estimate of drug-likeness (QED) is 0.138. The van der Waals surface area contributed by atoms with Gasteiger partial charge in [0.2, 0.25) is 0 Å². The Morgan fingerprint density at radius 3 is 1.87 bits per heavy atom. The SMILES string of the molecule is CC(C)(C(=O)/C=C\c1ccc(O)cc1)C(C(=O)CN)(C(=O)CN)C(N)(C(=O)O)C(=O)C(N)Cc1ccccc1. The number of allylic oxidation sites excluding steroid dienone is 1. The molecule has 0 saturated heterocycles. The highest BCUT2D eigenvalue weighted by Gasteiger charge is 2.74. The number of benzene rings is 2. The zero-order valence-corrected chi connectivity index (χ0v) is 21.8. The van der Waals surface area contributed by atoms with Gasteiger partial charge in [-0.1, -0.05) is 62.4 Å². The molecule has 0 aromatic heterocycles. The smallest absolute Gasteiger partial charge is 0.333 e. The monoisotopic (exact) mass is 538 g/mol. The van der Waals surface area contributed by atoms with Gasteiger partial charge in [-0.3, -0.25) is 19.2 Å². The lowest BCUT2D eigenvalue weighted by Gasteiger charge is -2.50. The lowest BCUT2D eigenvalue weighted by atomic mass is 9.48. The van der Waals surface area contributed by atoms with Crippen LogP contribution in [0.15, 0.2) is 60.7 Å². The Bertz CT molecular complexity index is 1260. The first-order chi connectivity index (χ1) is 18.2. The van der Waals surface area contributed by atoms with E-state index in [-0.39, 0.29) is 12.2 Å². The molecular formula is C28H34N4O7. The van der Waals surface area contributed by atoms with E-state index in [0.29, 0.717) is 11.1 Å². The van der Waals surface area contributed by atoms with Crippen LogP contribution in [0.25, 0.3) is 6.08 Å². The van der Waals surface area contributed by atoms with Crippen molar-refractivity contribution in [1.82, 2.24) is 0 Å². The van der Waals surface area contributed by atoms with Gasteiger partial charge < -0.3 is 33.1 Å². The van der Waals surface area contributed by atoms with E-state index in [4.69, 9.17) is 22.9 Å². The van der Waals surface area contributed by atoms with Crippen molar-refractivity contribution in [2.45, 2.75) is 31.8 Å². The van der Waals surface area contributed by atoms with Gasteiger partial charge >= 0.3 is 5.97 Å². The number of hydrogen-bond donors (Lipinski definition) is 6. The highest BCUT2D eigenvalue weighted by molar-refractivity contribution is 6.26. The van der Waals surface area contributed by atoms with Gasteiger partial charge in [0.05, 0.1) is 19.1 Å². The molecular weight excluding hydrogens is 504 g/mol. The molecule has 2 aromatic rings. The summed E-state index contributed by atoms with van der Waals surface area (Å²) in [7, 11) is 0. The van der Waals surface area contributed by atoms with Crippen molar-refractivity contribution in [1.29, 1.82) is 0 Å². The molecule has 10 N–H and O–H groups in total. The summed E-state index contributed by atoms with van der Waals surface area (Å²) in [6.07, 6.45) is 2.19. The van der Waals surface area contributed by atoms with Crippen molar-refractivity contribution in [3.05, 3.63) is 71.8 Å². The average Bonchev–Trinajstić information content (AvgIpc) is 2.91. The largest absolute Gasteiger partial charge is 0.508 e. The third-order valence-electron chi connectivity index (χ3n) is 7.03. The topological polar surface area (TPSA) is 230 Å². The second-order valence-corrected chi connectivity index (χ2v) is 9.69. The van der Waals surface area contributed by atoms with Crippen LogP contribution in [0, 0.1) is 10.8 Å². The molecule has 11 heteroatoms. The molecule has 2 atom stereocenters. The number of phenols is 1. The molecule has 208 valence electrons. The Kier molecular flexibility index (Phi) is 9.77. The van der Waals surface area contributed by atoms with Crippen molar-refractivity contribution in [2.75, 3.05) is 13.1 Å². The molecule has 0 aliphatic rings. The van der Waals surface area contributed by atoms with Gasteiger partial charge in [0.25, 0.3) is 0 Å². The number of carboxylic acid groups (broad SMARTS) is 1. The van der Waals surface area contributed by atoms with Gasteiger partial charge in [0.15, 0.2) is 28.7 Å². The predicted octanol–water partition coefficient (Wildman–Crippen LogP) is -0.0361. The van der Waals surface area contributed by atoms with E-state index in [9.17, 15) is 34.2 Å². The van der Waals surface area contributed by atoms with Crippen molar-refractivity contribution < 1.29 is 34.2 Å². The van der Waals surface area contributed by atoms with Gasteiger partial charge in [-0.25, -0.2) is 4.79 Å². The molecule has 0 radical (unpaired) electrons. The number of aliphatic carboxylic acids is 1. The Morgan fingerprint density at radius 2 is 1.41 bits per heavy atom. The molecule has 0 spiro atoms. The van der Waals surface area contributed by atoms with Crippen molar-refractivity contribution in [2.24, 2.45) is 33.8 Å². The minimum absolute atomic E-state index is 0.0142. The molecule has 2 aromatic carbocycles. The van der Waals surface area contributed by atoms with Gasteiger partial charge in [-0.05, 0) is 35.8 Å². The number of carbonyl (C=O) groups is 5. The van der Waals surface area contributed by atoms with Crippen LogP contribution in [0.3, 0.4) is 0 Å². The Balaban J connectivity index is 2.77. The van der Waals surface area contributed by atoms with E-state index in [2.05, 4.69) is 0 Å². The second kappa shape index (κ2) is 12.2. The molecule has 0 aliphatic heterocycles. The first kappa shape index (κ1) is 31.2. The molecule has 0 fully saturated rings. The van der Waals surface area contributed by atoms with Gasteiger partial charge in [0, 0.05) is 5.41 Å². The third kappa shape index (κ3) is 5.57. The number of aromatic hydroxyl groups is 1. The van der Waals surface area contributed by atoms with Crippen LogP contribution in [-0.2, 0) is 30.4 Å². The summed E-state index contributed by atoms with van der Waals surface area (Å²) in [5.41, 5.74) is 16.2. The van der Waals surface area contributed by atoms with E-state index >= 15 is 0 Å². The number of hydrogen-bond acceptors (Lipinski definition) is 10. The normalized spacial score (nSPS) is 14.4. The number of Topliss-reactive ketones (excluding diaryl/α,β-unsaturated/α-hetero) is 3. The molecule has 0 saturated carbocycles. The van der Waals surface area contributed by atoms with Crippen LogP contribution in [-0.4, -0.2) is 64.0 Å². The van der Waals surface area contributed by atoms with Crippen LogP contribution in [0.2, 0.25) is 0 Å². The summed E-state index contributed by atoms with van der Waals surface area (Å²) < 4.78 is 0. The van der Waals surface area contributed by atoms with Crippen molar-refractivity contribution in [3.8, 4) is 5.75 Å². The van der Waals surface area contributed by atoms with E-state index in [1.54, 1.807) is 30.3 Å². The molecule has 2 rings (SSSR count). The van der Waals surface area contributed by atoms with Crippen LogP contribution < -0.4 is 22.9 Å². The summed E-state index contributed by atoms with van der Waals surface area (Å²) in [6.45, 7) is 0.436. The Morgan fingerprint density at radius 1 is 0.897 bits per heavy atom. The van der Waals surface area contributed by atoms with E-state index in [1.165, 1.54) is 30.3 Å². The maximum absolute atomic E-state index is 13.8. The summed E-state index contributed by atoms with van der Waals surface area (Å²) in [5.74, 6) is -6.80. The van der Waals surface area contributed by atoms with Gasteiger partial charge in [-0.15, -0.1) is 0 Å². The molecule has 0 amide bonds. The van der Waals surface area contributed by atoms with E-state index < -0.39 is 64.6 Å². The maximum atomic E-state index is 13.8. The molecule has 0 aliphatic carbocycles. The number of rotatable bonds is 14. The highest BCUT2D eigenvalue weighted by atomic mass is 16.4.